The highest BCUT2D eigenvalue weighted by molar-refractivity contribution is 6.31. The van der Waals surface area contributed by atoms with Crippen molar-refractivity contribution in [1.29, 1.82) is 0 Å². The normalized spacial score (nSPS) is 10.3. The summed E-state index contributed by atoms with van der Waals surface area (Å²) >= 11 is 6.09. The zero-order valence-electron chi connectivity index (χ0n) is 12.2. The van der Waals surface area contributed by atoms with Gasteiger partial charge in [-0.3, -0.25) is 9.59 Å². The Balaban J connectivity index is 1.92. The van der Waals surface area contributed by atoms with Crippen LogP contribution in [0.2, 0.25) is 5.02 Å². The molecule has 1 N–H and O–H groups in total. The molecule has 0 aliphatic carbocycles. The highest BCUT2D eigenvalue weighted by atomic mass is 35.5. The van der Waals surface area contributed by atoms with Gasteiger partial charge in [0.05, 0.1) is 19.4 Å². The van der Waals surface area contributed by atoms with E-state index in [9.17, 15) is 9.59 Å². The van der Waals surface area contributed by atoms with Crippen molar-refractivity contribution in [3.05, 3.63) is 59.0 Å². The minimum atomic E-state index is -0.251. The van der Waals surface area contributed by atoms with E-state index in [0.29, 0.717) is 23.9 Å². The molecule has 0 saturated heterocycles. The zero-order chi connectivity index (χ0) is 15.9. The molecule has 0 fully saturated rings. The highest BCUT2D eigenvalue weighted by Crippen LogP contribution is 2.17. The maximum atomic E-state index is 11.9. The zero-order valence-corrected chi connectivity index (χ0v) is 13.0. The summed E-state index contributed by atoms with van der Waals surface area (Å²) in [6.45, 7) is 1.99. The lowest BCUT2D eigenvalue weighted by atomic mass is 10.2. The summed E-state index contributed by atoms with van der Waals surface area (Å²) in [5.41, 5.74) is 0.804. The summed E-state index contributed by atoms with van der Waals surface area (Å²) < 4.78 is 5.13. The van der Waals surface area contributed by atoms with E-state index < -0.39 is 0 Å². The van der Waals surface area contributed by atoms with Gasteiger partial charge in [-0.1, -0.05) is 29.8 Å². The van der Waals surface area contributed by atoms with Crippen molar-refractivity contribution in [2.24, 2.45) is 0 Å². The number of hydrogen-bond donors (Lipinski definition) is 1. The molecule has 0 radical (unpaired) electrons. The first kappa shape index (κ1) is 16.1. The van der Waals surface area contributed by atoms with Crippen LogP contribution in [0, 0.1) is 0 Å². The summed E-state index contributed by atoms with van der Waals surface area (Å²) in [4.78, 5) is 25.1. The van der Waals surface area contributed by atoms with Crippen LogP contribution in [-0.2, 0) is 22.7 Å². The highest BCUT2D eigenvalue weighted by Gasteiger charge is 2.15. The van der Waals surface area contributed by atoms with Gasteiger partial charge in [0, 0.05) is 18.5 Å². The quantitative estimate of drug-likeness (QED) is 0.890. The predicted octanol–water partition coefficient (Wildman–Crippen LogP) is 2.60. The Labute approximate surface area is 133 Å². The second kappa shape index (κ2) is 7.66. The van der Waals surface area contributed by atoms with Gasteiger partial charge in [-0.05, 0) is 23.8 Å². The van der Waals surface area contributed by atoms with E-state index in [0.717, 1.165) is 5.56 Å². The molecule has 2 rings (SSSR count). The molecule has 1 aromatic heterocycles. The molecule has 0 spiro atoms. The van der Waals surface area contributed by atoms with Gasteiger partial charge in [0.25, 0.3) is 0 Å². The van der Waals surface area contributed by atoms with E-state index in [1.54, 1.807) is 24.5 Å². The molecule has 5 nitrogen and oxygen atoms in total. The fraction of sp³-hybridized carbons (Fsp3) is 0.250. The van der Waals surface area contributed by atoms with Crippen LogP contribution in [-0.4, -0.2) is 23.3 Å². The Kier molecular flexibility index (Phi) is 5.61. The Bertz CT molecular complexity index is 641. The number of hydrogen-bond acceptors (Lipinski definition) is 3. The number of nitrogens with one attached hydrogen (secondary N) is 1. The van der Waals surface area contributed by atoms with Crippen molar-refractivity contribution in [3.8, 4) is 0 Å². The van der Waals surface area contributed by atoms with E-state index in [1.165, 1.54) is 11.8 Å². The van der Waals surface area contributed by atoms with Crippen molar-refractivity contribution in [3.63, 3.8) is 0 Å². The SMILES string of the molecule is CC(=O)N(CC(=O)NCc1ccco1)Cc1ccccc1Cl. The van der Waals surface area contributed by atoms with Crippen molar-refractivity contribution < 1.29 is 14.0 Å². The van der Waals surface area contributed by atoms with Crippen LogP contribution in [0.25, 0.3) is 0 Å². The monoisotopic (exact) mass is 320 g/mol. The lowest BCUT2D eigenvalue weighted by Gasteiger charge is -2.21. The van der Waals surface area contributed by atoms with Crippen molar-refractivity contribution in [1.82, 2.24) is 10.2 Å². The summed E-state index contributed by atoms with van der Waals surface area (Å²) in [5, 5.41) is 3.29. The van der Waals surface area contributed by atoms with Crippen molar-refractivity contribution in [2.75, 3.05) is 6.54 Å². The van der Waals surface area contributed by atoms with Crippen LogP contribution < -0.4 is 5.32 Å². The molecule has 1 aromatic carbocycles. The first-order valence-electron chi connectivity index (χ1n) is 6.84. The van der Waals surface area contributed by atoms with Gasteiger partial charge < -0.3 is 14.6 Å². The summed E-state index contributed by atoms with van der Waals surface area (Å²) in [7, 11) is 0. The molecule has 22 heavy (non-hydrogen) atoms. The Morgan fingerprint density at radius 1 is 1.23 bits per heavy atom. The topological polar surface area (TPSA) is 62.6 Å². The molecule has 116 valence electrons. The molecule has 0 unspecified atom stereocenters. The average Bonchev–Trinajstić information content (AvgIpc) is 3.00. The van der Waals surface area contributed by atoms with Crippen LogP contribution in [0.3, 0.4) is 0 Å². The molecule has 0 aliphatic heterocycles. The Morgan fingerprint density at radius 2 is 2.00 bits per heavy atom. The van der Waals surface area contributed by atoms with Gasteiger partial charge >= 0.3 is 0 Å². The Morgan fingerprint density at radius 3 is 2.64 bits per heavy atom. The fourth-order valence-electron chi connectivity index (χ4n) is 1.94. The number of nitrogens with zero attached hydrogens (tertiary/aromatic N) is 1. The molecule has 2 amide bonds. The van der Waals surface area contributed by atoms with Crippen molar-refractivity contribution in [2.45, 2.75) is 20.0 Å². The van der Waals surface area contributed by atoms with Crippen LogP contribution in [0.15, 0.2) is 47.1 Å². The third-order valence-corrected chi connectivity index (χ3v) is 3.51. The van der Waals surface area contributed by atoms with E-state index in [-0.39, 0.29) is 18.4 Å². The van der Waals surface area contributed by atoms with E-state index in [1.807, 2.05) is 18.2 Å². The second-order valence-electron chi connectivity index (χ2n) is 4.82. The molecule has 6 heteroatoms. The van der Waals surface area contributed by atoms with E-state index >= 15 is 0 Å². The van der Waals surface area contributed by atoms with Gasteiger partial charge in [-0.2, -0.15) is 0 Å². The average molecular weight is 321 g/mol. The number of rotatable bonds is 6. The standard InChI is InChI=1S/C16H17ClN2O3/c1-12(20)19(10-13-5-2-3-7-15(13)17)11-16(21)18-9-14-6-4-8-22-14/h2-8H,9-11H2,1H3,(H,18,21). The van der Waals surface area contributed by atoms with Crippen LogP contribution in [0.5, 0.6) is 0 Å². The van der Waals surface area contributed by atoms with Gasteiger partial charge in [0.15, 0.2) is 0 Å². The third-order valence-electron chi connectivity index (χ3n) is 3.14. The van der Waals surface area contributed by atoms with Crippen LogP contribution in [0.1, 0.15) is 18.2 Å². The van der Waals surface area contributed by atoms with Gasteiger partial charge in [0.1, 0.15) is 5.76 Å². The molecule has 1 heterocycles. The Hall–Kier alpha value is -2.27. The smallest absolute Gasteiger partial charge is 0.240 e. The molecular weight excluding hydrogens is 304 g/mol. The lowest BCUT2D eigenvalue weighted by molar-refractivity contribution is -0.135. The molecular formula is C16H17ClN2O3. The number of carbonyl (C=O) groups is 2. The lowest BCUT2D eigenvalue weighted by Crippen LogP contribution is -2.39. The van der Waals surface area contributed by atoms with Crippen LogP contribution >= 0.6 is 11.6 Å². The molecule has 0 atom stereocenters. The molecule has 0 saturated carbocycles. The largest absolute Gasteiger partial charge is 0.467 e. The maximum Gasteiger partial charge on any atom is 0.240 e. The van der Waals surface area contributed by atoms with Gasteiger partial charge in [0.2, 0.25) is 11.8 Å². The third kappa shape index (κ3) is 4.63. The minimum Gasteiger partial charge on any atom is -0.467 e. The summed E-state index contributed by atoms with van der Waals surface area (Å²) in [5.74, 6) is 0.223. The number of furan rings is 1. The number of carbonyl (C=O) groups excluding carboxylic acids is 2. The first-order chi connectivity index (χ1) is 10.6. The summed E-state index contributed by atoms with van der Waals surface area (Å²) in [6.07, 6.45) is 1.54. The number of benzene rings is 1. The minimum absolute atomic E-state index is 0.0265. The first-order valence-corrected chi connectivity index (χ1v) is 7.22. The predicted molar refractivity (Wildman–Crippen MR) is 83.1 cm³/mol. The second-order valence-corrected chi connectivity index (χ2v) is 5.23. The number of amides is 2. The van der Waals surface area contributed by atoms with Gasteiger partial charge in [-0.25, -0.2) is 0 Å². The van der Waals surface area contributed by atoms with Crippen LogP contribution in [0.4, 0.5) is 0 Å². The van der Waals surface area contributed by atoms with Gasteiger partial charge in [-0.15, -0.1) is 0 Å². The van der Waals surface area contributed by atoms with Crippen molar-refractivity contribution >= 4 is 23.4 Å². The molecule has 0 bridgehead atoms. The molecule has 0 aliphatic rings. The molecule has 2 aromatic rings. The van der Waals surface area contributed by atoms with E-state index in [4.69, 9.17) is 16.0 Å². The van der Waals surface area contributed by atoms with E-state index in [2.05, 4.69) is 5.32 Å². The maximum absolute atomic E-state index is 11.9. The summed E-state index contributed by atoms with van der Waals surface area (Å²) in [6, 6.07) is 10.8. The number of halogens is 1. The fourth-order valence-corrected chi connectivity index (χ4v) is 2.13.